The number of fused-ring (bicyclic) bond motifs is 1. The summed E-state index contributed by atoms with van der Waals surface area (Å²) in [6, 6.07) is 4.82. The van der Waals surface area contributed by atoms with Gasteiger partial charge in [0.1, 0.15) is 10.6 Å². The van der Waals surface area contributed by atoms with E-state index in [0.29, 0.717) is 4.88 Å². The molecule has 104 valence electrons. The maximum absolute atomic E-state index is 12.2. The van der Waals surface area contributed by atoms with Gasteiger partial charge in [0.2, 0.25) is 0 Å². The number of thiophene rings is 1. The van der Waals surface area contributed by atoms with Crippen molar-refractivity contribution < 1.29 is 19.1 Å². The number of carbonyl (C=O) groups is 2. The lowest BCUT2D eigenvalue weighted by Gasteiger charge is -2.22. The van der Waals surface area contributed by atoms with Crippen LogP contribution in [0.5, 0.6) is 0 Å². The van der Waals surface area contributed by atoms with Gasteiger partial charge in [-0.15, -0.1) is 11.3 Å². The molecule has 1 atom stereocenters. The highest BCUT2D eigenvalue weighted by atomic mass is 32.1. The Morgan fingerprint density at radius 3 is 2.85 bits per heavy atom. The molecule has 2 heterocycles. The lowest BCUT2D eigenvalue weighted by molar-refractivity contribution is 0.0702. The zero-order chi connectivity index (χ0) is 14.1. The number of aromatic carboxylic acids is 1. The Bertz CT molecular complexity index is 658. The molecule has 5 nitrogen and oxygen atoms in total. The third-order valence-corrected chi connectivity index (χ3v) is 4.47. The van der Waals surface area contributed by atoms with Crippen LogP contribution in [0.15, 0.2) is 28.9 Å². The molecule has 1 aliphatic rings. The first-order chi connectivity index (χ1) is 9.65. The predicted octanol–water partition coefficient (Wildman–Crippen LogP) is 2.85. The van der Waals surface area contributed by atoms with E-state index < -0.39 is 5.97 Å². The van der Waals surface area contributed by atoms with Crippen molar-refractivity contribution in [3.05, 3.63) is 45.5 Å². The molecule has 1 unspecified atom stereocenters. The van der Waals surface area contributed by atoms with Crippen molar-refractivity contribution >= 4 is 23.2 Å². The molecule has 0 aliphatic heterocycles. The number of rotatable bonds is 3. The van der Waals surface area contributed by atoms with Crippen LogP contribution < -0.4 is 5.32 Å². The molecule has 6 heteroatoms. The summed E-state index contributed by atoms with van der Waals surface area (Å²) in [6.45, 7) is 0. The van der Waals surface area contributed by atoms with Crippen LogP contribution in [-0.4, -0.2) is 17.0 Å². The smallest absolute Gasteiger partial charge is 0.345 e. The fourth-order valence-corrected chi connectivity index (χ4v) is 3.19. The van der Waals surface area contributed by atoms with Crippen molar-refractivity contribution in [2.24, 2.45) is 0 Å². The zero-order valence-corrected chi connectivity index (χ0v) is 11.4. The highest BCUT2D eigenvalue weighted by molar-refractivity contribution is 7.15. The summed E-state index contributed by atoms with van der Waals surface area (Å²) in [4.78, 5) is 23.6. The number of amides is 1. The highest BCUT2D eigenvalue weighted by Gasteiger charge is 2.25. The van der Waals surface area contributed by atoms with Gasteiger partial charge in [0.25, 0.3) is 5.91 Å². The largest absolute Gasteiger partial charge is 0.477 e. The molecular weight excluding hydrogens is 278 g/mol. The number of carboxylic acid groups (broad SMARTS) is 1. The van der Waals surface area contributed by atoms with E-state index in [1.165, 1.54) is 6.07 Å². The number of carboxylic acids is 1. The van der Waals surface area contributed by atoms with E-state index >= 15 is 0 Å². The van der Waals surface area contributed by atoms with Crippen LogP contribution in [0.2, 0.25) is 0 Å². The molecule has 0 fully saturated rings. The molecule has 2 aromatic heterocycles. The summed E-state index contributed by atoms with van der Waals surface area (Å²) in [5, 5.41) is 11.8. The van der Waals surface area contributed by atoms with Crippen LogP contribution in [0, 0.1) is 0 Å². The lowest BCUT2D eigenvalue weighted by Crippen LogP contribution is -2.29. The standard InChI is InChI=1S/C14H13NO4S/c16-13(11-4-5-12(20-11)14(17)18)15-9-2-1-3-10-8(9)6-7-19-10/h4-7,9H,1-3H2,(H,15,16)(H,17,18). The van der Waals surface area contributed by atoms with E-state index in [2.05, 4.69) is 5.32 Å². The minimum Gasteiger partial charge on any atom is -0.477 e. The normalized spacial score (nSPS) is 17.5. The first-order valence-corrected chi connectivity index (χ1v) is 7.17. The van der Waals surface area contributed by atoms with Gasteiger partial charge in [-0.1, -0.05) is 0 Å². The van der Waals surface area contributed by atoms with Crippen LogP contribution in [0.1, 0.15) is 49.6 Å². The van der Waals surface area contributed by atoms with Gasteiger partial charge >= 0.3 is 5.97 Å². The minimum absolute atomic E-state index is 0.0552. The second-order valence-corrected chi connectivity index (χ2v) is 5.77. The second-order valence-electron chi connectivity index (χ2n) is 4.69. The van der Waals surface area contributed by atoms with E-state index in [-0.39, 0.29) is 16.8 Å². The fourth-order valence-electron chi connectivity index (χ4n) is 2.44. The van der Waals surface area contributed by atoms with Crippen LogP contribution in [0.4, 0.5) is 0 Å². The molecule has 0 saturated heterocycles. The van der Waals surface area contributed by atoms with E-state index in [9.17, 15) is 9.59 Å². The van der Waals surface area contributed by atoms with Gasteiger partial charge in [0, 0.05) is 12.0 Å². The summed E-state index contributed by atoms with van der Waals surface area (Å²) in [5.41, 5.74) is 1.03. The molecule has 1 aliphatic carbocycles. The minimum atomic E-state index is -1.01. The molecule has 0 saturated carbocycles. The first kappa shape index (κ1) is 12.9. The van der Waals surface area contributed by atoms with Crippen molar-refractivity contribution in [1.29, 1.82) is 0 Å². The molecule has 1 amide bonds. The van der Waals surface area contributed by atoms with Gasteiger partial charge in [-0.25, -0.2) is 4.79 Å². The van der Waals surface area contributed by atoms with Crippen molar-refractivity contribution in [2.45, 2.75) is 25.3 Å². The molecule has 2 aromatic rings. The van der Waals surface area contributed by atoms with Crippen LogP contribution in [0.25, 0.3) is 0 Å². The molecule has 20 heavy (non-hydrogen) atoms. The zero-order valence-electron chi connectivity index (χ0n) is 10.6. The Labute approximate surface area is 119 Å². The molecule has 3 rings (SSSR count). The number of aryl methyl sites for hydroxylation is 1. The van der Waals surface area contributed by atoms with Crippen LogP contribution in [0.3, 0.4) is 0 Å². The van der Waals surface area contributed by atoms with Gasteiger partial charge in [0.15, 0.2) is 0 Å². The van der Waals surface area contributed by atoms with E-state index in [4.69, 9.17) is 9.52 Å². The number of nitrogens with one attached hydrogen (secondary N) is 1. The summed E-state index contributed by atoms with van der Waals surface area (Å²) in [5.74, 6) is -0.315. The van der Waals surface area contributed by atoms with E-state index in [1.54, 1.807) is 12.3 Å². The van der Waals surface area contributed by atoms with E-state index in [1.807, 2.05) is 6.07 Å². The Morgan fingerprint density at radius 2 is 2.10 bits per heavy atom. The average molecular weight is 291 g/mol. The molecule has 0 bridgehead atoms. The Balaban J connectivity index is 1.75. The maximum atomic E-state index is 12.2. The molecular formula is C14H13NO4S. The van der Waals surface area contributed by atoms with Crippen LogP contribution in [-0.2, 0) is 6.42 Å². The number of furan rings is 1. The topological polar surface area (TPSA) is 79.5 Å². The first-order valence-electron chi connectivity index (χ1n) is 6.35. The number of hydrogen-bond acceptors (Lipinski definition) is 4. The third-order valence-electron chi connectivity index (χ3n) is 3.40. The fraction of sp³-hybridized carbons (Fsp3) is 0.286. The molecule has 0 radical (unpaired) electrons. The van der Waals surface area contributed by atoms with Crippen molar-refractivity contribution in [2.75, 3.05) is 0 Å². The Morgan fingerprint density at radius 1 is 1.30 bits per heavy atom. The van der Waals surface area contributed by atoms with Crippen molar-refractivity contribution in [3.63, 3.8) is 0 Å². The summed E-state index contributed by atoms with van der Waals surface area (Å²) in [7, 11) is 0. The Hall–Kier alpha value is -2.08. The highest BCUT2D eigenvalue weighted by Crippen LogP contribution is 2.31. The van der Waals surface area contributed by atoms with E-state index in [0.717, 1.165) is 41.9 Å². The average Bonchev–Trinajstić information content (AvgIpc) is 3.08. The van der Waals surface area contributed by atoms with Crippen molar-refractivity contribution in [1.82, 2.24) is 5.32 Å². The lowest BCUT2D eigenvalue weighted by atomic mass is 9.93. The van der Waals surface area contributed by atoms with Crippen LogP contribution >= 0.6 is 11.3 Å². The number of hydrogen-bond donors (Lipinski definition) is 2. The summed E-state index contributed by atoms with van der Waals surface area (Å²) >= 11 is 0.986. The SMILES string of the molecule is O=C(O)c1ccc(C(=O)NC2CCCc3occc32)s1. The van der Waals surface area contributed by atoms with Crippen molar-refractivity contribution in [3.8, 4) is 0 Å². The van der Waals surface area contributed by atoms with Gasteiger partial charge in [-0.2, -0.15) is 0 Å². The summed E-state index contributed by atoms with van der Waals surface area (Å²) < 4.78 is 5.38. The molecule has 0 spiro atoms. The number of carbonyl (C=O) groups excluding carboxylic acids is 1. The van der Waals surface area contributed by atoms with Gasteiger partial charge < -0.3 is 14.8 Å². The molecule has 2 N–H and O–H groups in total. The van der Waals surface area contributed by atoms with Gasteiger partial charge in [-0.05, 0) is 31.0 Å². The van der Waals surface area contributed by atoms with Gasteiger partial charge in [-0.3, -0.25) is 4.79 Å². The Kier molecular flexibility index (Phi) is 3.31. The molecule has 0 aromatic carbocycles. The summed E-state index contributed by atoms with van der Waals surface area (Å²) in [6.07, 6.45) is 4.38. The predicted molar refractivity (Wildman–Crippen MR) is 73.1 cm³/mol. The van der Waals surface area contributed by atoms with Gasteiger partial charge in [0.05, 0.1) is 17.2 Å². The monoisotopic (exact) mass is 291 g/mol. The second kappa shape index (κ2) is 5.13. The quantitative estimate of drug-likeness (QED) is 0.911. The third kappa shape index (κ3) is 2.34. The maximum Gasteiger partial charge on any atom is 0.345 e.